The molecular formula is C22H21ClFN6O4S2-. The molecule has 2 aromatic heterocycles. The molecule has 0 spiro atoms. The molecule has 3 N–H and O–H groups in total. The molecule has 0 radical (unpaired) electrons. The van der Waals surface area contributed by atoms with E-state index >= 15 is 0 Å². The van der Waals surface area contributed by atoms with Crippen molar-refractivity contribution in [3.05, 3.63) is 64.5 Å². The van der Waals surface area contributed by atoms with Crippen LogP contribution in [0, 0.1) is 12.7 Å². The molecule has 190 valence electrons. The Morgan fingerprint density at radius 1 is 1.25 bits per heavy atom. The van der Waals surface area contributed by atoms with Crippen LogP contribution in [-0.4, -0.2) is 43.4 Å². The van der Waals surface area contributed by atoms with Crippen molar-refractivity contribution in [2.24, 2.45) is 0 Å². The van der Waals surface area contributed by atoms with E-state index in [0.717, 1.165) is 12.3 Å². The molecule has 0 aliphatic rings. The Morgan fingerprint density at radius 3 is 2.69 bits per heavy atom. The van der Waals surface area contributed by atoms with Gasteiger partial charge in [0.1, 0.15) is 17.7 Å². The Balaban J connectivity index is 1.98. The number of aromatic nitrogens is 4. The molecule has 4 rings (SSSR count). The first-order valence-electron chi connectivity index (χ1n) is 10.5. The second-order valence-electron chi connectivity index (χ2n) is 8.14. The summed E-state index contributed by atoms with van der Waals surface area (Å²) >= 11 is 4.03. The van der Waals surface area contributed by atoms with Crippen molar-refractivity contribution in [1.82, 2.24) is 19.9 Å². The number of nitrogens with one attached hydrogen (secondary N) is 3. The standard InChI is InChI=1S/C22H22ClFN6O4S2/c1-11-17(23)7-15(12(2)29-22-20-21(26-9-25-20)27-10-28-22)18(19(11)30-36(3,33)34)16-6-14(24)5-4-13(16)8-35(31)32/h4-7,9-10,12,30H,8H2,1-3H3,(H,31,32)(H2,25,26,27,28,29)/p-1. The fourth-order valence-corrected chi connectivity index (χ4v) is 5.25. The largest absolute Gasteiger partial charge is 0.772 e. The molecule has 0 fully saturated rings. The lowest BCUT2D eigenvalue weighted by atomic mass is 9.89. The van der Waals surface area contributed by atoms with Crippen LogP contribution >= 0.6 is 11.6 Å². The molecule has 0 aliphatic carbocycles. The Kier molecular flexibility index (Phi) is 7.27. The molecule has 4 aromatic rings. The summed E-state index contributed by atoms with van der Waals surface area (Å²) in [6.45, 7) is 3.40. The number of sulfonamides is 1. The zero-order valence-electron chi connectivity index (χ0n) is 19.3. The Hall–Kier alpha value is -3.13. The number of hydrogen-bond donors (Lipinski definition) is 3. The van der Waals surface area contributed by atoms with E-state index in [2.05, 4.69) is 30.0 Å². The second kappa shape index (κ2) is 10.1. The van der Waals surface area contributed by atoms with Crippen LogP contribution in [0.3, 0.4) is 0 Å². The molecule has 0 saturated heterocycles. The van der Waals surface area contributed by atoms with Crippen LogP contribution in [0.5, 0.6) is 0 Å². The van der Waals surface area contributed by atoms with Crippen LogP contribution in [-0.2, 0) is 26.9 Å². The summed E-state index contributed by atoms with van der Waals surface area (Å²) in [5.41, 5.74) is 2.76. The fraction of sp³-hybridized carbons (Fsp3) is 0.227. The van der Waals surface area contributed by atoms with Crippen LogP contribution in [0.1, 0.15) is 29.7 Å². The molecule has 2 aromatic carbocycles. The van der Waals surface area contributed by atoms with Gasteiger partial charge in [0.05, 0.1) is 24.3 Å². The van der Waals surface area contributed by atoms with Crippen LogP contribution in [0.15, 0.2) is 36.9 Å². The number of fused-ring (bicyclic) bond motifs is 1. The molecule has 0 bridgehead atoms. The highest BCUT2D eigenvalue weighted by atomic mass is 35.5. The highest BCUT2D eigenvalue weighted by Crippen LogP contribution is 2.43. The number of benzene rings is 2. The number of nitrogens with zero attached hydrogens (tertiary/aromatic N) is 3. The smallest absolute Gasteiger partial charge is 0.229 e. The monoisotopic (exact) mass is 551 g/mol. The van der Waals surface area contributed by atoms with E-state index in [0.29, 0.717) is 28.1 Å². The molecule has 0 aliphatic heterocycles. The quantitative estimate of drug-likeness (QED) is 0.277. The molecule has 36 heavy (non-hydrogen) atoms. The Bertz CT molecular complexity index is 1600. The number of hydrogen-bond acceptors (Lipinski definition) is 8. The predicted molar refractivity (Wildman–Crippen MR) is 136 cm³/mol. The van der Waals surface area contributed by atoms with Crippen molar-refractivity contribution < 1.29 is 21.6 Å². The lowest BCUT2D eigenvalue weighted by Gasteiger charge is -2.25. The number of H-pyrrole nitrogens is 1. The van der Waals surface area contributed by atoms with Gasteiger partial charge in [-0.05, 0) is 54.3 Å². The number of anilines is 2. The highest BCUT2D eigenvalue weighted by molar-refractivity contribution is 7.92. The Morgan fingerprint density at radius 2 is 2.00 bits per heavy atom. The van der Waals surface area contributed by atoms with E-state index in [4.69, 9.17) is 11.6 Å². The summed E-state index contributed by atoms with van der Waals surface area (Å²) < 4.78 is 64.7. The van der Waals surface area contributed by atoms with Gasteiger partial charge in [-0.25, -0.2) is 27.8 Å². The van der Waals surface area contributed by atoms with Gasteiger partial charge in [0.15, 0.2) is 11.5 Å². The minimum absolute atomic E-state index is 0.117. The van der Waals surface area contributed by atoms with Gasteiger partial charge in [-0.2, -0.15) is 0 Å². The van der Waals surface area contributed by atoms with E-state index in [1.807, 2.05) is 0 Å². The van der Waals surface area contributed by atoms with Gasteiger partial charge in [-0.3, -0.25) is 8.93 Å². The Labute approximate surface area is 214 Å². The summed E-state index contributed by atoms with van der Waals surface area (Å²) in [7, 11) is -3.79. The zero-order chi connectivity index (χ0) is 26.2. The molecular weight excluding hydrogens is 531 g/mol. The number of aromatic amines is 1. The van der Waals surface area contributed by atoms with Crippen LogP contribution in [0.2, 0.25) is 5.02 Å². The first-order valence-corrected chi connectivity index (χ1v) is 14.0. The van der Waals surface area contributed by atoms with Gasteiger partial charge < -0.3 is 14.9 Å². The number of halogens is 2. The highest BCUT2D eigenvalue weighted by Gasteiger charge is 2.25. The molecule has 0 saturated carbocycles. The molecule has 10 nitrogen and oxygen atoms in total. The van der Waals surface area contributed by atoms with Gasteiger partial charge in [0.25, 0.3) is 0 Å². The van der Waals surface area contributed by atoms with Gasteiger partial charge in [-0.1, -0.05) is 28.7 Å². The second-order valence-corrected chi connectivity index (χ2v) is 11.2. The lowest BCUT2D eigenvalue weighted by molar-refractivity contribution is 0.536. The van der Waals surface area contributed by atoms with Crippen molar-refractivity contribution >= 4 is 55.4 Å². The first-order chi connectivity index (χ1) is 16.9. The van der Waals surface area contributed by atoms with Crippen molar-refractivity contribution in [3.8, 4) is 11.1 Å². The molecule has 0 amide bonds. The molecule has 2 unspecified atom stereocenters. The summed E-state index contributed by atoms with van der Waals surface area (Å²) in [5, 5.41) is 3.49. The average Bonchev–Trinajstić information content (AvgIpc) is 3.27. The predicted octanol–water partition coefficient (Wildman–Crippen LogP) is 4.04. The van der Waals surface area contributed by atoms with E-state index < -0.39 is 38.7 Å². The minimum atomic E-state index is -3.79. The van der Waals surface area contributed by atoms with Crippen LogP contribution < -0.4 is 10.0 Å². The zero-order valence-corrected chi connectivity index (χ0v) is 21.7. The van der Waals surface area contributed by atoms with E-state index in [-0.39, 0.29) is 27.4 Å². The first kappa shape index (κ1) is 25.9. The summed E-state index contributed by atoms with van der Waals surface area (Å²) in [5.74, 6) is -0.604. The molecule has 2 heterocycles. The van der Waals surface area contributed by atoms with E-state index in [1.54, 1.807) is 19.9 Å². The summed E-state index contributed by atoms with van der Waals surface area (Å²) in [6.07, 6.45) is 3.79. The van der Waals surface area contributed by atoms with E-state index in [1.165, 1.54) is 24.8 Å². The summed E-state index contributed by atoms with van der Waals surface area (Å²) in [6, 6.07) is 4.75. The SMILES string of the molecule is Cc1c(Cl)cc(C(C)Nc2ncnc3nc[nH]c23)c(-c2cc(F)ccc2CS(=O)[O-])c1NS(C)(=O)=O. The van der Waals surface area contributed by atoms with Crippen LogP contribution in [0.25, 0.3) is 22.3 Å². The van der Waals surface area contributed by atoms with E-state index in [9.17, 15) is 21.6 Å². The number of imidazole rings is 1. The molecule has 14 heteroatoms. The van der Waals surface area contributed by atoms with Crippen molar-refractivity contribution in [3.63, 3.8) is 0 Å². The molecule has 2 atom stereocenters. The fourth-order valence-electron chi connectivity index (χ4n) is 3.90. The average molecular weight is 552 g/mol. The van der Waals surface area contributed by atoms with Crippen molar-refractivity contribution in [2.75, 3.05) is 16.3 Å². The van der Waals surface area contributed by atoms with Gasteiger partial charge in [0, 0.05) is 16.3 Å². The third-order valence-electron chi connectivity index (χ3n) is 5.50. The van der Waals surface area contributed by atoms with Crippen LogP contribution in [0.4, 0.5) is 15.9 Å². The third-order valence-corrected chi connectivity index (χ3v) is 7.01. The minimum Gasteiger partial charge on any atom is -0.772 e. The maximum absolute atomic E-state index is 14.5. The lowest BCUT2D eigenvalue weighted by Crippen LogP contribution is -2.16. The number of rotatable bonds is 8. The third kappa shape index (κ3) is 5.48. The maximum atomic E-state index is 14.5. The topological polar surface area (TPSA) is 153 Å². The maximum Gasteiger partial charge on any atom is 0.229 e. The van der Waals surface area contributed by atoms with Gasteiger partial charge in [-0.15, -0.1) is 0 Å². The summed E-state index contributed by atoms with van der Waals surface area (Å²) in [4.78, 5) is 15.4. The van der Waals surface area contributed by atoms with Gasteiger partial charge in [0.2, 0.25) is 10.0 Å². The normalized spacial score (nSPS) is 13.5. The van der Waals surface area contributed by atoms with Crippen molar-refractivity contribution in [1.29, 1.82) is 0 Å². The van der Waals surface area contributed by atoms with Crippen molar-refractivity contribution in [2.45, 2.75) is 25.6 Å². The van der Waals surface area contributed by atoms with Gasteiger partial charge >= 0.3 is 0 Å².